The Bertz CT molecular complexity index is 88.9. The molecule has 0 unspecified atom stereocenters. The molecule has 1 aliphatic rings. The highest BCUT2D eigenvalue weighted by Gasteiger charge is 2.21. The van der Waals surface area contributed by atoms with Crippen molar-refractivity contribution in [3.05, 3.63) is 10.1 Å². The predicted octanol–water partition coefficient (Wildman–Crippen LogP) is -0.116. The molecule has 0 bridgehead atoms. The summed E-state index contributed by atoms with van der Waals surface area (Å²) in [6.45, 7) is 1.26. The standard InChI is InChI=1S/C3H6N2O2/c6-5(7)4-2-1-3-4/h1-3H2. The van der Waals surface area contributed by atoms with E-state index in [-0.39, 0.29) is 5.03 Å². The largest absolute Gasteiger partial charge is 0.235 e. The molecular weight excluding hydrogens is 96.0 g/mol. The monoisotopic (exact) mass is 102 g/mol. The van der Waals surface area contributed by atoms with E-state index in [2.05, 4.69) is 0 Å². The first-order valence-corrected chi connectivity index (χ1v) is 2.20. The average molecular weight is 102 g/mol. The van der Waals surface area contributed by atoms with Crippen molar-refractivity contribution in [1.82, 2.24) is 5.01 Å². The molecule has 4 heteroatoms. The van der Waals surface area contributed by atoms with Crippen LogP contribution in [0.15, 0.2) is 0 Å². The minimum Gasteiger partial charge on any atom is -0.235 e. The maximum Gasteiger partial charge on any atom is 0.160 e. The van der Waals surface area contributed by atoms with E-state index in [9.17, 15) is 10.1 Å². The third-order valence-corrected chi connectivity index (χ3v) is 1.06. The second kappa shape index (κ2) is 1.36. The number of nitro groups is 1. The molecule has 0 aromatic rings. The smallest absolute Gasteiger partial charge is 0.160 e. The van der Waals surface area contributed by atoms with Crippen molar-refractivity contribution in [1.29, 1.82) is 0 Å². The number of hydrazine groups is 1. The van der Waals surface area contributed by atoms with Gasteiger partial charge >= 0.3 is 0 Å². The van der Waals surface area contributed by atoms with Gasteiger partial charge in [-0.05, 0) is 6.42 Å². The fourth-order valence-corrected chi connectivity index (χ4v) is 0.463. The van der Waals surface area contributed by atoms with E-state index in [1.165, 1.54) is 5.01 Å². The lowest BCUT2D eigenvalue weighted by Crippen LogP contribution is -2.41. The average Bonchev–Trinajstić information content (AvgIpc) is 1.23. The summed E-state index contributed by atoms with van der Waals surface area (Å²) < 4.78 is 0. The Labute approximate surface area is 40.8 Å². The summed E-state index contributed by atoms with van der Waals surface area (Å²) in [6.07, 6.45) is 0.973. The highest BCUT2D eigenvalue weighted by atomic mass is 16.7. The molecule has 7 heavy (non-hydrogen) atoms. The van der Waals surface area contributed by atoms with Gasteiger partial charge in [0, 0.05) is 0 Å². The summed E-state index contributed by atoms with van der Waals surface area (Å²) in [7, 11) is 0. The minimum atomic E-state index is -0.358. The molecule has 1 heterocycles. The van der Waals surface area contributed by atoms with Crippen molar-refractivity contribution >= 4 is 0 Å². The fourth-order valence-electron chi connectivity index (χ4n) is 0.463. The zero-order valence-corrected chi connectivity index (χ0v) is 3.83. The van der Waals surface area contributed by atoms with Crippen LogP contribution in [-0.2, 0) is 0 Å². The Balaban J connectivity index is 2.27. The molecular formula is C3H6N2O2. The van der Waals surface area contributed by atoms with E-state index in [4.69, 9.17) is 0 Å². The zero-order chi connectivity index (χ0) is 5.28. The van der Waals surface area contributed by atoms with Gasteiger partial charge < -0.3 is 0 Å². The van der Waals surface area contributed by atoms with E-state index < -0.39 is 0 Å². The maximum absolute atomic E-state index is 9.71. The lowest BCUT2D eigenvalue weighted by atomic mass is 10.3. The van der Waals surface area contributed by atoms with Gasteiger partial charge in [-0.15, -0.1) is 5.01 Å². The first kappa shape index (κ1) is 4.36. The third kappa shape index (κ3) is 0.629. The maximum atomic E-state index is 9.71. The summed E-state index contributed by atoms with van der Waals surface area (Å²) in [5.41, 5.74) is 0. The number of rotatable bonds is 1. The van der Waals surface area contributed by atoms with Gasteiger partial charge in [0.25, 0.3) is 0 Å². The van der Waals surface area contributed by atoms with Gasteiger partial charge in [0.1, 0.15) is 0 Å². The Morgan fingerprint density at radius 3 is 2.14 bits per heavy atom. The summed E-state index contributed by atoms with van der Waals surface area (Å²) in [6, 6.07) is 0. The van der Waals surface area contributed by atoms with Crippen LogP contribution in [0.25, 0.3) is 0 Å². The summed E-state index contributed by atoms with van der Waals surface area (Å²) in [5.74, 6) is 0. The summed E-state index contributed by atoms with van der Waals surface area (Å²) >= 11 is 0. The van der Waals surface area contributed by atoms with E-state index in [1.807, 2.05) is 0 Å². The molecule has 1 fully saturated rings. The van der Waals surface area contributed by atoms with Crippen molar-refractivity contribution in [2.24, 2.45) is 0 Å². The van der Waals surface area contributed by atoms with Gasteiger partial charge in [-0.3, -0.25) is 0 Å². The van der Waals surface area contributed by atoms with Gasteiger partial charge in [-0.25, -0.2) is 10.1 Å². The molecule has 1 saturated heterocycles. The van der Waals surface area contributed by atoms with Gasteiger partial charge in [-0.1, -0.05) is 0 Å². The van der Waals surface area contributed by atoms with E-state index >= 15 is 0 Å². The van der Waals surface area contributed by atoms with Crippen LogP contribution in [0, 0.1) is 10.1 Å². The molecule has 0 amide bonds. The van der Waals surface area contributed by atoms with Gasteiger partial charge in [-0.2, -0.15) is 0 Å². The molecule has 0 saturated carbocycles. The summed E-state index contributed by atoms with van der Waals surface area (Å²) in [5, 5.41) is 10.5. The lowest BCUT2D eigenvalue weighted by Gasteiger charge is -2.20. The van der Waals surface area contributed by atoms with Crippen LogP contribution >= 0.6 is 0 Å². The summed E-state index contributed by atoms with van der Waals surface area (Å²) in [4.78, 5) is 9.71. The van der Waals surface area contributed by atoms with Crippen molar-refractivity contribution in [2.75, 3.05) is 13.1 Å². The fraction of sp³-hybridized carbons (Fsp3) is 1.00. The van der Waals surface area contributed by atoms with Crippen LogP contribution in [0.1, 0.15) is 6.42 Å². The molecule has 1 aliphatic heterocycles. The van der Waals surface area contributed by atoms with E-state index in [0.717, 1.165) is 6.42 Å². The van der Waals surface area contributed by atoms with Crippen LogP contribution in [-0.4, -0.2) is 23.1 Å². The highest BCUT2D eigenvalue weighted by Crippen LogP contribution is 2.03. The topological polar surface area (TPSA) is 46.4 Å². The molecule has 0 N–H and O–H groups in total. The second-order valence-corrected chi connectivity index (χ2v) is 1.55. The Kier molecular flexibility index (Phi) is 0.850. The molecule has 0 aliphatic carbocycles. The lowest BCUT2D eigenvalue weighted by molar-refractivity contribution is -0.669. The minimum absolute atomic E-state index is 0.358. The normalized spacial score (nSPS) is 18.6. The predicted molar refractivity (Wildman–Crippen MR) is 23.2 cm³/mol. The molecule has 4 nitrogen and oxygen atoms in total. The third-order valence-electron chi connectivity index (χ3n) is 1.06. The molecule has 0 radical (unpaired) electrons. The van der Waals surface area contributed by atoms with Crippen molar-refractivity contribution in [3.8, 4) is 0 Å². The van der Waals surface area contributed by atoms with Gasteiger partial charge in [0.15, 0.2) is 5.03 Å². The Hall–Kier alpha value is -0.800. The second-order valence-electron chi connectivity index (χ2n) is 1.55. The van der Waals surface area contributed by atoms with Gasteiger partial charge in [0.2, 0.25) is 0 Å². The van der Waals surface area contributed by atoms with E-state index in [1.54, 1.807) is 0 Å². The number of hydrogen-bond donors (Lipinski definition) is 0. The first-order valence-electron chi connectivity index (χ1n) is 2.20. The molecule has 0 aromatic heterocycles. The zero-order valence-electron chi connectivity index (χ0n) is 3.83. The number of hydrogen-bond acceptors (Lipinski definition) is 2. The van der Waals surface area contributed by atoms with Crippen molar-refractivity contribution < 1.29 is 5.03 Å². The quantitative estimate of drug-likeness (QED) is 0.342. The molecule has 0 spiro atoms. The highest BCUT2D eigenvalue weighted by molar-refractivity contribution is 4.56. The van der Waals surface area contributed by atoms with Crippen molar-refractivity contribution in [2.45, 2.75) is 6.42 Å². The van der Waals surface area contributed by atoms with Crippen molar-refractivity contribution in [3.63, 3.8) is 0 Å². The molecule has 1 rings (SSSR count). The van der Waals surface area contributed by atoms with Crippen LogP contribution in [0.2, 0.25) is 0 Å². The van der Waals surface area contributed by atoms with Crippen LogP contribution in [0.5, 0.6) is 0 Å². The molecule has 0 aromatic carbocycles. The Morgan fingerprint density at radius 2 is 2.14 bits per heavy atom. The van der Waals surface area contributed by atoms with Gasteiger partial charge in [0.05, 0.1) is 13.1 Å². The molecule has 0 atom stereocenters. The number of nitrogens with zero attached hydrogens (tertiary/aromatic N) is 2. The van der Waals surface area contributed by atoms with Crippen LogP contribution in [0.3, 0.4) is 0 Å². The van der Waals surface area contributed by atoms with E-state index in [0.29, 0.717) is 13.1 Å². The Morgan fingerprint density at radius 1 is 1.57 bits per heavy atom. The van der Waals surface area contributed by atoms with Crippen LogP contribution < -0.4 is 0 Å². The first-order chi connectivity index (χ1) is 3.30. The van der Waals surface area contributed by atoms with Crippen LogP contribution in [0.4, 0.5) is 0 Å². The SMILES string of the molecule is O=[N+]([O-])N1CCC1. The molecule has 40 valence electrons.